The van der Waals surface area contributed by atoms with E-state index in [4.69, 9.17) is 0 Å². The quantitative estimate of drug-likeness (QED) is 0.217. The molecule has 0 aromatic rings. The van der Waals surface area contributed by atoms with Crippen molar-refractivity contribution in [2.45, 2.75) is 112 Å². The smallest absolute Gasteiger partial charge is 0.0786 e. The zero-order valence-corrected chi connectivity index (χ0v) is 17.5. The first kappa shape index (κ1) is 25.2. The van der Waals surface area contributed by atoms with Crippen LogP contribution in [0.15, 0.2) is 0 Å². The number of unbranched alkanes of at least 4 members (excludes halogenated alkanes) is 7. The average Bonchev–Trinajstić information content (AvgIpc) is 2.59. The molecule has 0 spiro atoms. The molecule has 23 heavy (non-hydrogen) atoms. The van der Waals surface area contributed by atoms with E-state index in [9.17, 15) is 0 Å². The molecule has 1 heteroatoms. The zero-order chi connectivity index (χ0) is 17.8. The Labute approximate surface area is 149 Å². The van der Waals surface area contributed by atoms with Crippen LogP contribution in [0.2, 0.25) is 0 Å². The topological polar surface area (TPSA) is 0 Å². The molecule has 0 aliphatic heterocycles. The van der Waals surface area contributed by atoms with Crippen LogP contribution >= 0.6 is 0 Å². The molecule has 0 unspecified atom stereocenters. The minimum atomic E-state index is 1.10. The van der Waals surface area contributed by atoms with Crippen LogP contribution in [0, 0.1) is 6.92 Å². The van der Waals surface area contributed by atoms with E-state index in [-0.39, 0.29) is 0 Å². The largest absolute Gasteiger partial charge is 0.324 e. The lowest BCUT2D eigenvalue weighted by atomic mass is 10.1. The summed E-state index contributed by atoms with van der Waals surface area (Å²) >= 11 is 0. The van der Waals surface area contributed by atoms with Gasteiger partial charge in [-0.3, -0.25) is 0 Å². The van der Waals surface area contributed by atoms with Crippen molar-refractivity contribution >= 4 is 0 Å². The summed E-state index contributed by atoms with van der Waals surface area (Å²) in [5, 5.41) is 0. The van der Waals surface area contributed by atoms with Gasteiger partial charge in [-0.25, -0.2) is 0 Å². The van der Waals surface area contributed by atoms with Crippen LogP contribution in [0.25, 0.3) is 0 Å². The van der Waals surface area contributed by atoms with Crippen molar-refractivity contribution in [1.82, 2.24) is 0 Å². The number of hydrogen-bond donors (Lipinski definition) is 0. The minimum Gasteiger partial charge on any atom is -0.324 e. The molecule has 0 rings (SSSR count). The summed E-state index contributed by atoms with van der Waals surface area (Å²) in [6.45, 7) is 20.9. The maximum atomic E-state index is 3.72. The molecule has 0 aliphatic carbocycles. The van der Waals surface area contributed by atoms with Crippen molar-refractivity contribution in [2.75, 3.05) is 26.2 Å². The molecule has 0 saturated heterocycles. The third kappa shape index (κ3) is 16.6. The fourth-order valence-corrected chi connectivity index (χ4v) is 3.07. The maximum Gasteiger partial charge on any atom is 0.0786 e. The Balaban J connectivity index is 0. The number of hydrogen-bond acceptors (Lipinski definition) is 0. The van der Waals surface area contributed by atoms with E-state index in [0.29, 0.717) is 0 Å². The maximum absolute atomic E-state index is 3.72. The summed E-state index contributed by atoms with van der Waals surface area (Å²) in [7, 11) is 0. The van der Waals surface area contributed by atoms with Gasteiger partial charge in [0.2, 0.25) is 0 Å². The van der Waals surface area contributed by atoms with Gasteiger partial charge in [0.25, 0.3) is 0 Å². The molecule has 0 amide bonds. The lowest BCUT2D eigenvalue weighted by Crippen LogP contribution is -2.50. The van der Waals surface area contributed by atoms with Gasteiger partial charge in [-0.15, -0.1) is 0 Å². The van der Waals surface area contributed by atoms with Crippen molar-refractivity contribution in [3.8, 4) is 0 Å². The van der Waals surface area contributed by atoms with Gasteiger partial charge < -0.3 is 4.48 Å². The van der Waals surface area contributed by atoms with Crippen LogP contribution in [0.4, 0.5) is 0 Å². The lowest BCUT2D eigenvalue weighted by molar-refractivity contribution is -0.929. The Bertz CT molecular complexity index is 159. The molecule has 0 aromatic heterocycles. The van der Waals surface area contributed by atoms with Gasteiger partial charge in [0.15, 0.2) is 0 Å². The average molecular weight is 328 g/mol. The molecule has 0 heterocycles. The van der Waals surface area contributed by atoms with Crippen LogP contribution in [0.1, 0.15) is 112 Å². The zero-order valence-electron chi connectivity index (χ0n) is 17.5. The van der Waals surface area contributed by atoms with Gasteiger partial charge in [0.1, 0.15) is 0 Å². The van der Waals surface area contributed by atoms with Gasteiger partial charge in [-0.1, -0.05) is 92.9 Å². The molecule has 0 aromatic carbocycles. The van der Waals surface area contributed by atoms with Gasteiger partial charge in [-0.05, 0) is 25.7 Å². The Kier molecular flexibility index (Phi) is 21.9. The second-order valence-electron chi connectivity index (χ2n) is 7.21. The monoisotopic (exact) mass is 327 g/mol. The van der Waals surface area contributed by atoms with E-state index < -0.39 is 0 Å². The van der Waals surface area contributed by atoms with Crippen molar-refractivity contribution < 1.29 is 4.48 Å². The molecule has 0 saturated carbocycles. The summed E-state index contributed by atoms with van der Waals surface area (Å²) in [6.07, 6.45) is 16.1. The Hall–Kier alpha value is -0.0400. The molecule has 0 bridgehead atoms. The molecule has 0 atom stereocenters. The number of quaternary nitrogens is 1. The first-order chi connectivity index (χ1) is 11.2. The normalized spacial score (nSPS) is 11.2. The van der Waals surface area contributed by atoms with Gasteiger partial charge in [0.05, 0.1) is 26.2 Å². The lowest BCUT2D eigenvalue weighted by Gasteiger charge is -2.39. The van der Waals surface area contributed by atoms with Gasteiger partial charge in [-0.2, -0.15) is 0 Å². The number of rotatable bonds is 15. The molecule has 1 radical (unpaired) electrons. The third-order valence-corrected chi connectivity index (χ3v) is 4.80. The molecular weight excluding hydrogens is 278 g/mol. The molecule has 0 fully saturated rings. The van der Waals surface area contributed by atoms with Crippen molar-refractivity contribution in [1.29, 1.82) is 0 Å². The van der Waals surface area contributed by atoms with Crippen molar-refractivity contribution in [3.05, 3.63) is 6.92 Å². The summed E-state index contributed by atoms with van der Waals surface area (Å²) in [4.78, 5) is 0. The van der Waals surface area contributed by atoms with Crippen LogP contribution in [0.3, 0.4) is 0 Å². The molecule has 0 N–H and O–H groups in total. The summed E-state index contributed by atoms with van der Waals surface area (Å²) < 4.78 is 1.42. The highest BCUT2D eigenvalue weighted by molar-refractivity contribution is 4.49. The Morgan fingerprint density at radius 1 is 0.478 bits per heavy atom. The van der Waals surface area contributed by atoms with Crippen LogP contribution in [0.5, 0.6) is 0 Å². The fraction of sp³-hybridized carbons (Fsp3) is 0.955. The molecule has 1 nitrogen and oxygen atoms in total. The van der Waals surface area contributed by atoms with E-state index in [1.165, 1.54) is 101 Å². The number of nitrogens with zero attached hydrogens (tertiary/aromatic N) is 1. The predicted molar refractivity (Wildman–Crippen MR) is 109 cm³/mol. The van der Waals surface area contributed by atoms with Crippen LogP contribution < -0.4 is 0 Å². The van der Waals surface area contributed by atoms with E-state index in [1.807, 2.05) is 0 Å². The van der Waals surface area contributed by atoms with Gasteiger partial charge in [0, 0.05) is 0 Å². The summed E-state index contributed by atoms with van der Waals surface area (Å²) in [5.41, 5.74) is 0. The highest BCUT2D eigenvalue weighted by atomic mass is 15.3. The second kappa shape index (κ2) is 20.0. The SMILES string of the molecule is CCCC[N+](CCCC)(CCCC)CCCC.[CH2]CCCCC. The van der Waals surface area contributed by atoms with Crippen molar-refractivity contribution in [3.63, 3.8) is 0 Å². The van der Waals surface area contributed by atoms with Crippen LogP contribution in [-0.2, 0) is 0 Å². The second-order valence-corrected chi connectivity index (χ2v) is 7.21. The van der Waals surface area contributed by atoms with Crippen LogP contribution in [-0.4, -0.2) is 30.7 Å². The van der Waals surface area contributed by atoms with E-state index in [2.05, 4.69) is 41.5 Å². The van der Waals surface area contributed by atoms with Gasteiger partial charge >= 0.3 is 0 Å². The molecule has 141 valence electrons. The molecule has 0 aliphatic rings. The summed E-state index contributed by atoms with van der Waals surface area (Å²) in [6, 6.07) is 0. The van der Waals surface area contributed by atoms with E-state index in [0.717, 1.165) is 6.42 Å². The predicted octanol–water partition coefficient (Wildman–Crippen LogP) is 7.40. The summed E-state index contributed by atoms with van der Waals surface area (Å²) in [5.74, 6) is 0. The van der Waals surface area contributed by atoms with Crippen molar-refractivity contribution in [2.24, 2.45) is 0 Å². The minimum absolute atomic E-state index is 1.10. The third-order valence-electron chi connectivity index (χ3n) is 4.80. The highest BCUT2D eigenvalue weighted by Gasteiger charge is 2.24. The van der Waals surface area contributed by atoms with E-state index >= 15 is 0 Å². The first-order valence-electron chi connectivity index (χ1n) is 10.8. The molecular formula is C22H49N+. The Morgan fingerprint density at radius 2 is 0.783 bits per heavy atom. The Morgan fingerprint density at radius 3 is 0.957 bits per heavy atom. The fourth-order valence-electron chi connectivity index (χ4n) is 3.07. The first-order valence-corrected chi connectivity index (χ1v) is 10.8. The van der Waals surface area contributed by atoms with E-state index in [1.54, 1.807) is 0 Å². The standard InChI is InChI=1S/C16H36N.C6H13/c1-5-9-13-17(14-10-6-2,15-11-7-3)16-12-8-4;1-3-5-6-4-2/h5-16H2,1-4H3;1,3-6H2,2H3/q+1;. The highest BCUT2D eigenvalue weighted by Crippen LogP contribution is 2.16.